The summed E-state index contributed by atoms with van der Waals surface area (Å²) in [5.74, 6) is 1.71. The molecule has 0 saturated carbocycles. The number of amides is 1. The number of hydrogen-bond donors (Lipinski definition) is 0. The summed E-state index contributed by atoms with van der Waals surface area (Å²) >= 11 is 0. The van der Waals surface area contributed by atoms with Gasteiger partial charge < -0.3 is 14.3 Å². The molecule has 0 N–H and O–H groups in total. The van der Waals surface area contributed by atoms with Gasteiger partial charge in [0.25, 0.3) is 0 Å². The van der Waals surface area contributed by atoms with Crippen molar-refractivity contribution >= 4 is 11.8 Å². The topological polar surface area (TPSA) is 49.6 Å². The summed E-state index contributed by atoms with van der Waals surface area (Å²) in [4.78, 5) is 17.3. The molecule has 0 bridgehead atoms. The molecule has 1 aliphatic rings. The second kappa shape index (κ2) is 9.47. The van der Waals surface area contributed by atoms with Gasteiger partial charge in [-0.25, -0.2) is 0 Å². The molecule has 29 heavy (non-hydrogen) atoms. The zero-order chi connectivity index (χ0) is 21.0. The van der Waals surface area contributed by atoms with Crippen LogP contribution in [0.25, 0.3) is 11.3 Å². The van der Waals surface area contributed by atoms with Gasteiger partial charge in [-0.15, -0.1) is 0 Å². The average molecular weight is 398 g/mol. The Hall–Kier alpha value is -2.30. The smallest absolute Gasteiger partial charge is 0.232 e. The molecule has 1 aromatic heterocycles. The monoisotopic (exact) mass is 397 g/mol. The van der Waals surface area contributed by atoms with Crippen LogP contribution in [-0.2, 0) is 11.3 Å². The molecule has 1 aromatic carbocycles. The lowest BCUT2D eigenvalue weighted by molar-refractivity contribution is -0.137. The van der Waals surface area contributed by atoms with Crippen LogP contribution in [0.1, 0.15) is 59.4 Å². The molecule has 1 fully saturated rings. The molecule has 2 heterocycles. The van der Waals surface area contributed by atoms with E-state index in [0.717, 1.165) is 61.0 Å². The minimum absolute atomic E-state index is 0.0386. The van der Waals surface area contributed by atoms with Crippen LogP contribution in [0.5, 0.6) is 0 Å². The number of anilines is 1. The van der Waals surface area contributed by atoms with Crippen molar-refractivity contribution in [2.75, 3.05) is 18.0 Å². The third-order valence-corrected chi connectivity index (χ3v) is 6.11. The van der Waals surface area contributed by atoms with E-state index in [1.165, 1.54) is 0 Å². The molecular weight excluding hydrogens is 362 g/mol. The lowest BCUT2D eigenvalue weighted by atomic mass is 9.98. The Balaban J connectivity index is 2.01. The van der Waals surface area contributed by atoms with Crippen molar-refractivity contribution < 1.29 is 9.32 Å². The van der Waals surface area contributed by atoms with Crippen molar-refractivity contribution in [3.05, 3.63) is 35.9 Å². The first kappa shape index (κ1) is 21.4. The predicted molar refractivity (Wildman–Crippen MR) is 118 cm³/mol. The van der Waals surface area contributed by atoms with Crippen LogP contribution >= 0.6 is 0 Å². The Labute approximate surface area is 175 Å². The maximum atomic E-state index is 13.0. The van der Waals surface area contributed by atoms with Gasteiger partial charge in [-0.2, -0.15) is 0 Å². The highest BCUT2D eigenvalue weighted by atomic mass is 16.5. The molecule has 1 aliphatic heterocycles. The summed E-state index contributed by atoms with van der Waals surface area (Å²) in [6.45, 7) is 13.0. The van der Waals surface area contributed by atoms with Crippen LogP contribution in [0, 0.1) is 11.8 Å². The molecule has 0 radical (unpaired) electrons. The maximum Gasteiger partial charge on any atom is 0.232 e. The zero-order valence-electron chi connectivity index (χ0n) is 18.5. The van der Waals surface area contributed by atoms with Crippen molar-refractivity contribution in [3.8, 4) is 11.3 Å². The Morgan fingerprint density at radius 3 is 2.45 bits per heavy atom. The number of piperidine rings is 1. The normalized spacial score (nSPS) is 16.3. The van der Waals surface area contributed by atoms with Crippen molar-refractivity contribution in [2.24, 2.45) is 11.8 Å². The fraction of sp³-hybridized carbons (Fsp3) is 0.583. The van der Waals surface area contributed by atoms with Gasteiger partial charge in [0.05, 0.1) is 12.1 Å². The molecule has 0 aliphatic carbocycles. The summed E-state index contributed by atoms with van der Waals surface area (Å²) < 4.78 is 5.92. The second-order valence-electron chi connectivity index (χ2n) is 8.73. The molecule has 158 valence electrons. The minimum atomic E-state index is -0.0386. The van der Waals surface area contributed by atoms with Gasteiger partial charge in [-0.05, 0) is 32.1 Å². The van der Waals surface area contributed by atoms with Crippen molar-refractivity contribution in [3.63, 3.8) is 0 Å². The first-order chi connectivity index (χ1) is 13.9. The molecule has 5 heteroatoms. The van der Waals surface area contributed by atoms with Crippen LogP contribution in [0.2, 0.25) is 0 Å². The molecule has 1 saturated heterocycles. The molecule has 1 atom stereocenters. The molecule has 1 amide bonds. The number of carbonyl (C=O) groups excluding carboxylic acids is 1. The van der Waals surface area contributed by atoms with E-state index >= 15 is 0 Å². The highest BCUT2D eigenvalue weighted by Gasteiger charge is 2.30. The summed E-state index contributed by atoms with van der Waals surface area (Å²) in [5, 5.41) is 4.47. The van der Waals surface area contributed by atoms with Gasteiger partial charge in [0, 0.05) is 30.6 Å². The fourth-order valence-corrected chi connectivity index (χ4v) is 3.90. The maximum absolute atomic E-state index is 13.0. The quantitative estimate of drug-likeness (QED) is 0.631. The number of aromatic nitrogens is 1. The molecular formula is C24H35N3O2. The molecule has 0 unspecified atom stereocenters. The number of hydrogen-bond acceptors (Lipinski definition) is 4. The highest BCUT2D eigenvalue weighted by molar-refractivity contribution is 5.79. The third kappa shape index (κ3) is 4.82. The first-order valence-electron chi connectivity index (χ1n) is 11.0. The SMILES string of the molecule is CC[C@@H](C)N(Cc1c(-c2ccccc2)noc1N1CCC(C)CC1)C(=O)C(C)C. The largest absolute Gasteiger partial charge is 0.340 e. The lowest BCUT2D eigenvalue weighted by Crippen LogP contribution is -2.41. The average Bonchev–Trinajstić information content (AvgIpc) is 3.15. The van der Waals surface area contributed by atoms with Crippen molar-refractivity contribution in [2.45, 2.75) is 66.5 Å². The summed E-state index contributed by atoms with van der Waals surface area (Å²) in [6, 6.07) is 10.3. The predicted octanol–water partition coefficient (Wildman–Crippen LogP) is 5.36. The van der Waals surface area contributed by atoms with Crippen LogP contribution in [0.3, 0.4) is 0 Å². The lowest BCUT2D eigenvalue weighted by Gasteiger charge is -2.33. The molecule has 5 nitrogen and oxygen atoms in total. The van der Waals surface area contributed by atoms with Gasteiger partial charge >= 0.3 is 0 Å². The standard InChI is InChI=1S/C24H35N3O2/c1-6-19(5)27(23(28)17(2)3)16-21-22(20-10-8-7-9-11-20)25-29-24(21)26-14-12-18(4)13-15-26/h7-11,17-19H,6,12-16H2,1-5H3/t19-/m1/s1. The van der Waals surface area contributed by atoms with E-state index in [4.69, 9.17) is 4.52 Å². The fourth-order valence-electron chi connectivity index (χ4n) is 3.90. The Morgan fingerprint density at radius 2 is 1.86 bits per heavy atom. The summed E-state index contributed by atoms with van der Waals surface area (Å²) in [7, 11) is 0. The van der Waals surface area contributed by atoms with E-state index in [1.807, 2.05) is 36.9 Å². The highest BCUT2D eigenvalue weighted by Crippen LogP contribution is 2.35. The van der Waals surface area contributed by atoms with Crippen LogP contribution in [0.4, 0.5) is 5.88 Å². The second-order valence-corrected chi connectivity index (χ2v) is 8.73. The van der Waals surface area contributed by atoms with Crippen molar-refractivity contribution in [1.82, 2.24) is 10.1 Å². The van der Waals surface area contributed by atoms with E-state index in [1.54, 1.807) is 0 Å². The Morgan fingerprint density at radius 1 is 1.21 bits per heavy atom. The number of nitrogens with zero attached hydrogens (tertiary/aromatic N) is 3. The molecule has 0 spiro atoms. The first-order valence-corrected chi connectivity index (χ1v) is 11.0. The van der Waals surface area contributed by atoms with Gasteiger partial charge in [0.2, 0.25) is 11.8 Å². The molecule has 2 aromatic rings. The van der Waals surface area contributed by atoms with Crippen molar-refractivity contribution in [1.29, 1.82) is 0 Å². The summed E-state index contributed by atoms with van der Waals surface area (Å²) in [5.41, 5.74) is 2.91. The summed E-state index contributed by atoms with van der Waals surface area (Å²) in [6.07, 6.45) is 3.22. The number of benzene rings is 1. The third-order valence-electron chi connectivity index (χ3n) is 6.11. The zero-order valence-corrected chi connectivity index (χ0v) is 18.5. The van der Waals surface area contributed by atoms with Crippen LogP contribution in [0.15, 0.2) is 34.9 Å². The van der Waals surface area contributed by atoms with Gasteiger partial charge in [0.15, 0.2) is 0 Å². The van der Waals surface area contributed by atoms with Crippen LogP contribution < -0.4 is 4.90 Å². The van der Waals surface area contributed by atoms with Gasteiger partial charge in [0.1, 0.15) is 5.69 Å². The Bertz CT molecular complexity index is 792. The van der Waals surface area contributed by atoms with E-state index < -0.39 is 0 Å². The number of rotatable bonds is 7. The van der Waals surface area contributed by atoms with Crippen LogP contribution in [-0.4, -0.2) is 35.1 Å². The van der Waals surface area contributed by atoms with Gasteiger partial charge in [-0.1, -0.05) is 63.2 Å². The van der Waals surface area contributed by atoms with E-state index in [2.05, 4.69) is 43.0 Å². The van der Waals surface area contributed by atoms with E-state index in [9.17, 15) is 4.79 Å². The van der Waals surface area contributed by atoms with E-state index in [-0.39, 0.29) is 17.9 Å². The minimum Gasteiger partial charge on any atom is -0.340 e. The van der Waals surface area contributed by atoms with E-state index in [0.29, 0.717) is 6.54 Å². The number of carbonyl (C=O) groups is 1. The Kier molecular flexibility index (Phi) is 6.99. The molecule has 3 rings (SSSR count). The van der Waals surface area contributed by atoms with Gasteiger partial charge in [-0.3, -0.25) is 4.79 Å².